The second kappa shape index (κ2) is 7.62. The van der Waals surface area contributed by atoms with Gasteiger partial charge in [-0.1, -0.05) is 12.1 Å². The lowest BCUT2D eigenvalue weighted by molar-refractivity contribution is -0.139. The summed E-state index contributed by atoms with van der Waals surface area (Å²) < 4.78 is 0. The first-order valence-corrected chi connectivity index (χ1v) is 6.51. The summed E-state index contributed by atoms with van der Waals surface area (Å²) in [7, 11) is 0. The van der Waals surface area contributed by atoms with E-state index >= 15 is 0 Å². The Morgan fingerprint density at radius 3 is 2.35 bits per heavy atom. The molecule has 0 radical (unpaired) electrons. The molecule has 1 unspecified atom stereocenters. The molecular weight excluding hydrogens is 258 g/mol. The number of nitrogens with two attached hydrogens (primary N) is 2. The van der Waals surface area contributed by atoms with Crippen molar-refractivity contribution < 1.29 is 14.7 Å². The summed E-state index contributed by atoms with van der Waals surface area (Å²) in [4.78, 5) is 22.0. The fraction of sp³-hybridized carbons (Fsp3) is 0.429. The molecule has 6 heteroatoms. The molecule has 0 spiro atoms. The van der Waals surface area contributed by atoms with Crippen molar-refractivity contribution in [2.45, 2.75) is 31.7 Å². The number of carboxylic acids is 1. The third-order valence-corrected chi connectivity index (χ3v) is 3.10. The third kappa shape index (κ3) is 4.64. The van der Waals surface area contributed by atoms with Crippen LogP contribution in [0.2, 0.25) is 0 Å². The van der Waals surface area contributed by atoms with Crippen molar-refractivity contribution in [2.75, 3.05) is 11.9 Å². The van der Waals surface area contributed by atoms with Gasteiger partial charge in [0.05, 0.1) is 0 Å². The summed E-state index contributed by atoms with van der Waals surface area (Å²) in [6.07, 6.45) is 1.32. The van der Waals surface area contributed by atoms with Crippen LogP contribution in [-0.2, 0) is 9.59 Å². The van der Waals surface area contributed by atoms with Crippen molar-refractivity contribution >= 4 is 17.6 Å². The topological polar surface area (TPSA) is 118 Å². The van der Waals surface area contributed by atoms with E-state index in [-0.39, 0.29) is 11.8 Å². The highest BCUT2D eigenvalue weighted by molar-refractivity contribution is 5.88. The van der Waals surface area contributed by atoms with Crippen LogP contribution in [0.15, 0.2) is 24.3 Å². The molecule has 0 saturated carbocycles. The maximum Gasteiger partial charge on any atom is 0.321 e. The van der Waals surface area contributed by atoms with Gasteiger partial charge in [0, 0.05) is 18.5 Å². The summed E-state index contributed by atoms with van der Waals surface area (Å²) in [6, 6.07) is 6.08. The first kappa shape index (κ1) is 16.1. The third-order valence-electron chi connectivity index (χ3n) is 3.10. The average Bonchev–Trinajstić information content (AvgIpc) is 2.40. The zero-order valence-corrected chi connectivity index (χ0v) is 11.5. The maximum absolute atomic E-state index is 11.1. The minimum atomic E-state index is -1.03. The summed E-state index contributed by atoms with van der Waals surface area (Å²) >= 11 is 0. The van der Waals surface area contributed by atoms with Crippen LogP contribution in [0.1, 0.15) is 31.2 Å². The molecule has 1 aromatic rings. The van der Waals surface area contributed by atoms with Gasteiger partial charge >= 0.3 is 5.97 Å². The molecule has 6 nitrogen and oxygen atoms in total. The number of carbonyl (C=O) groups excluding carboxylic acids is 1. The largest absolute Gasteiger partial charge is 0.480 e. The molecule has 0 fully saturated rings. The summed E-state index contributed by atoms with van der Waals surface area (Å²) in [5.74, 6) is -1.47. The molecule has 0 aromatic heterocycles. The summed E-state index contributed by atoms with van der Waals surface area (Å²) in [5.41, 5.74) is 12.7. The Bertz CT molecular complexity index is 459. The minimum Gasteiger partial charge on any atom is -0.480 e. The summed E-state index contributed by atoms with van der Waals surface area (Å²) in [5, 5.41) is 11.7. The van der Waals surface area contributed by atoms with E-state index < -0.39 is 12.0 Å². The number of hydrogen-bond donors (Lipinski definition) is 4. The van der Waals surface area contributed by atoms with Crippen molar-refractivity contribution in [3.63, 3.8) is 0 Å². The van der Waals surface area contributed by atoms with E-state index in [4.69, 9.17) is 16.6 Å². The van der Waals surface area contributed by atoms with E-state index in [1.54, 1.807) is 24.3 Å². The van der Waals surface area contributed by atoms with Crippen molar-refractivity contribution in [3.05, 3.63) is 29.8 Å². The number of amides is 1. The molecule has 0 bridgehead atoms. The highest BCUT2D eigenvalue weighted by atomic mass is 16.4. The number of nitrogens with one attached hydrogen (secondary N) is 1. The molecule has 2 atom stereocenters. The number of rotatable bonds is 7. The van der Waals surface area contributed by atoms with Crippen LogP contribution in [0.5, 0.6) is 0 Å². The number of anilines is 1. The van der Waals surface area contributed by atoms with E-state index in [0.717, 1.165) is 5.56 Å². The predicted molar refractivity (Wildman–Crippen MR) is 77.4 cm³/mol. The summed E-state index contributed by atoms with van der Waals surface area (Å²) in [6.45, 7) is 1.92. The molecule has 0 saturated heterocycles. The Hall–Kier alpha value is -1.92. The number of hydrogen-bond acceptors (Lipinski definition) is 4. The van der Waals surface area contributed by atoms with Gasteiger partial charge in [0.2, 0.25) is 5.91 Å². The molecule has 0 heterocycles. The molecule has 0 aliphatic carbocycles. The predicted octanol–water partition coefficient (Wildman–Crippen LogP) is 0.879. The van der Waals surface area contributed by atoms with E-state index in [9.17, 15) is 9.59 Å². The molecule has 110 valence electrons. The zero-order chi connectivity index (χ0) is 15.1. The monoisotopic (exact) mass is 279 g/mol. The van der Waals surface area contributed by atoms with E-state index in [1.165, 1.54) is 6.92 Å². The first-order chi connectivity index (χ1) is 9.45. The molecule has 1 amide bonds. The van der Waals surface area contributed by atoms with Crippen molar-refractivity contribution in [1.82, 2.24) is 0 Å². The van der Waals surface area contributed by atoms with Gasteiger partial charge in [-0.2, -0.15) is 0 Å². The normalized spacial score (nSPS) is 13.6. The van der Waals surface area contributed by atoms with Gasteiger partial charge in [-0.3, -0.25) is 9.59 Å². The van der Waals surface area contributed by atoms with Gasteiger partial charge in [-0.15, -0.1) is 0 Å². The van der Waals surface area contributed by atoms with Crippen LogP contribution < -0.4 is 16.8 Å². The highest BCUT2D eigenvalue weighted by Gasteiger charge is 2.25. The van der Waals surface area contributed by atoms with Crippen molar-refractivity contribution in [1.29, 1.82) is 0 Å². The van der Waals surface area contributed by atoms with Crippen LogP contribution in [0.4, 0.5) is 5.69 Å². The van der Waals surface area contributed by atoms with Crippen LogP contribution in [0.3, 0.4) is 0 Å². The van der Waals surface area contributed by atoms with Gasteiger partial charge in [-0.25, -0.2) is 0 Å². The van der Waals surface area contributed by atoms with Crippen LogP contribution in [-0.4, -0.2) is 29.6 Å². The molecule has 1 aromatic carbocycles. The molecule has 20 heavy (non-hydrogen) atoms. The first-order valence-electron chi connectivity index (χ1n) is 6.51. The molecule has 6 N–H and O–H groups in total. The van der Waals surface area contributed by atoms with Crippen molar-refractivity contribution in [2.24, 2.45) is 11.5 Å². The van der Waals surface area contributed by atoms with Crippen molar-refractivity contribution in [3.8, 4) is 0 Å². The van der Waals surface area contributed by atoms with Crippen LogP contribution in [0.25, 0.3) is 0 Å². The number of carboxylic acid groups (broad SMARTS) is 1. The molecule has 1 rings (SSSR count). The molecule has 0 aliphatic heterocycles. The Balaban J connectivity index is 2.89. The van der Waals surface area contributed by atoms with E-state index in [0.29, 0.717) is 25.1 Å². The quantitative estimate of drug-likeness (QED) is 0.591. The lowest BCUT2D eigenvalue weighted by Crippen LogP contribution is -2.36. The fourth-order valence-corrected chi connectivity index (χ4v) is 2.08. The van der Waals surface area contributed by atoms with Gasteiger partial charge < -0.3 is 21.9 Å². The average molecular weight is 279 g/mol. The second-order valence-electron chi connectivity index (χ2n) is 4.70. The maximum atomic E-state index is 11.1. The Morgan fingerprint density at radius 2 is 1.90 bits per heavy atom. The van der Waals surface area contributed by atoms with E-state index in [1.807, 2.05) is 0 Å². The minimum absolute atomic E-state index is 0.153. The second-order valence-corrected chi connectivity index (χ2v) is 4.70. The SMILES string of the molecule is CC(=O)Nc1ccc(C(CCCN)[C@H](N)C(=O)O)cc1. The smallest absolute Gasteiger partial charge is 0.321 e. The fourth-order valence-electron chi connectivity index (χ4n) is 2.08. The van der Waals surface area contributed by atoms with Crippen LogP contribution >= 0.6 is 0 Å². The Morgan fingerprint density at radius 1 is 1.30 bits per heavy atom. The van der Waals surface area contributed by atoms with Crippen LogP contribution in [0, 0.1) is 0 Å². The standard InChI is InChI=1S/C14H21N3O3/c1-9(18)17-11-6-4-10(5-7-11)12(3-2-8-15)13(16)14(19)20/h4-7,12-13H,2-3,8,15-16H2,1H3,(H,17,18)(H,19,20)/t12?,13-/m0/s1. The number of carbonyl (C=O) groups is 2. The molecular formula is C14H21N3O3. The lowest BCUT2D eigenvalue weighted by Gasteiger charge is -2.21. The lowest BCUT2D eigenvalue weighted by atomic mass is 9.87. The highest BCUT2D eigenvalue weighted by Crippen LogP contribution is 2.25. The van der Waals surface area contributed by atoms with Gasteiger partial charge in [0.15, 0.2) is 0 Å². The number of aliphatic carboxylic acids is 1. The van der Waals surface area contributed by atoms with Gasteiger partial charge in [-0.05, 0) is 37.1 Å². The number of benzene rings is 1. The zero-order valence-electron chi connectivity index (χ0n) is 11.5. The molecule has 0 aliphatic rings. The Labute approximate surface area is 118 Å². The van der Waals surface area contributed by atoms with Gasteiger partial charge in [0.1, 0.15) is 6.04 Å². The van der Waals surface area contributed by atoms with E-state index in [2.05, 4.69) is 5.32 Å². The Kier molecular flexibility index (Phi) is 6.14. The van der Waals surface area contributed by atoms with Gasteiger partial charge in [0.25, 0.3) is 0 Å².